The number of hydrogen-bond acceptors (Lipinski definition) is 3. The zero-order valence-corrected chi connectivity index (χ0v) is 9.89. The van der Waals surface area contributed by atoms with Gasteiger partial charge in [0.2, 0.25) is 0 Å². The van der Waals surface area contributed by atoms with Crippen LogP contribution >= 0.6 is 23.2 Å². The van der Waals surface area contributed by atoms with Crippen molar-refractivity contribution >= 4 is 29.2 Å². The first-order chi connectivity index (χ1) is 7.52. The van der Waals surface area contributed by atoms with Crippen LogP contribution in [0.25, 0.3) is 0 Å². The van der Waals surface area contributed by atoms with Crippen molar-refractivity contribution in [3.05, 3.63) is 28.2 Å². The van der Waals surface area contributed by atoms with Crippen molar-refractivity contribution in [1.82, 2.24) is 0 Å². The van der Waals surface area contributed by atoms with Gasteiger partial charge in [-0.1, -0.05) is 23.2 Å². The average Bonchev–Trinajstić information content (AvgIpc) is 2.16. The van der Waals surface area contributed by atoms with Crippen LogP contribution in [0.3, 0.4) is 0 Å². The number of carbonyl (C=O) groups excluding carboxylic acids is 1. The van der Waals surface area contributed by atoms with Gasteiger partial charge in [0.1, 0.15) is 5.75 Å². The van der Waals surface area contributed by atoms with Gasteiger partial charge in [-0.15, -0.1) is 0 Å². The molecular weight excluding hydrogens is 258 g/mol. The van der Waals surface area contributed by atoms with E-state index in [9.17, 15) is 9.18 Å². The highest BCUT2D eigenvalue weighted by atomic mass is 35.5. The first-order valence-electron chi connectivity index (χ1n) is 4.46. The fraction of sp³-hybridized carbons (Fsp3) is 0.300. The van der Waals surface area contributed by atoms with Gasteiger partial charge in [0.05, 0.1) is 6.61 Å². The van der Waals surface area contributed by atoms with Crippen LogP contribution in [0.4, 0.5) is 4.39 Å². The van der Waals surface area contributed by atoms with Gasteiger partial charge in [0.25, 0.3) is 0 Å². The highest BCUT2D eigenvalue weighted by Gasteiger charge is 2.20. The van der Waals surface area contributed by atoms with E-state index in [1.54, 1.807) is 6.92 Å². The monoisotopic (exact) mass is 266 g/mol. The molecular formula is C10H9Cl2FO3. The Morgan fingerprint density at radius 2 is 1.94 bits per heavy atom. The Balaban J connectivity index is 2.69. The molecule has 88 valence electrons. The number of hydrogen-bond donors (Lipinski definition) is 0. The lowest BCUT2D eigenvalue weighted by molar-refractivity contribution is -0.159. The summed E-state index contributed by atoms with van der Waals surface area (Å²) in [7, 11) is 0. The maximum Gasteiger partial charge on any atom is 0.381 e. The van der Waals surface area contributed by atoms with Gasteiger partial charge in [-0.05, 0) is 25.1 Å². The summed E-state index contributed by atoms with van der Waals surface area (Å²) >= 11 is 11.3. The quantitative estimate of drug-likeness (QED) is 0.785. The van der Waals surface area contributed by atoms with E-state index in [1.165, 1.54) is 18.2 Å². The van der Waals surface area contributed by atoms with Gasteiger partial charge in [-0.25, -0.2) is 4.79 Å². The van der Waals surface area contributed by atoms with E-state index in [0.717, 1.165) is 0 Å². The molecule has 0 bridgehead atoms. The molecule has 3 nitrogen and oxygen atoms in total. The summed E-state index contributed by atoms with van der Waals surface area (Å²) < 4.78 is 22.3. The van der Waals surface area contributed by atoms with Crippen LogP contribution in [0.5, 0.6) is 5.75 Å². The number of halogens is 3. The van der Waals surface area contributed by atoms with Crippen LogP contribution < -0.4 is 4.74 Å². The second kappa shape index (κ2) is 5.92. The van der Waals surface area contributed by atoms with E-state index in [0.29, 0.717) is 10.0 Å². The van der Waals surface area contributed by atoms with Crippen molar-refractivity contribution in [3.63, 3.8) is 0 Å². The van der Waals surface area contributed by atoms with Gasteiger partial charge in [-0.3, -0.25) is 0 Å². The number of ether oxygens (including phenoxy) is 2. The van der Waals surface area contributed by atoms with Crippen molar-refractivity contribution < 1.29 is 18.7 Å². The topological polar surface area (TPSA) is 35.5 Å². The minimum atomic E-state index is -2.19. The van der Waals surface area contributed by atoms with Crippen LogP contribution in [0, 0.1) is 0 Å². The van der Waals surface area contributed by atoms with E-state index < -0.39 is 12.3 Å². The largest absolute Gasteiger partial charge is 0.461 e. The molecule has 0 fully saturated rings. The Morgan fingerprint density at radius 1 is 1.38 bits per heavy atom. The Kier molecular flexibility index (Phi) is 4.83. The van der Waals surface area contributed by atoms with Gasteiger partial charge in [0.15, 0.2) is 0 Å². The zero-order valence-electron chi connectivity index (χ0n) is 8.38. The van der Waals surface area contributed by atoms with Gasteiger partial charge in [0, 0.05) is 10.0 Å². The summed E-state index contributed by atoms with van der Waals surface area (Å²) in [6.45, 7) is 1.65. The predicted molar refractivity (Wildman–Crippen MR) is 58.6 cm³/mol. The van der Waals surface area contributed by atoms with Gasteiger partial charge in [-0.2, -0.15) is 4.39 Å². The lowest BCUT2D eigenvalue weighted by Crippen LogP contribution is -2.24. The molecule has 1 unspecified atom stereocenters. The summed E-state index contributed by atoms with van der Waals surface area (Å²) in [5.41, 5.74) is 0. The first kappa shape index (κ1) is 13.1. The summed E-state index contributed by atoms with van der Waals surface area (Å²) in [5.74, 6) is -1.02. The minimum absolute atomic E-state index is 0.0676. The highest BCUT2D eigenvalue weighted by Crippen LogP contribution is 2.25. The molecule has 1 atom stereocenters. The van der Waals surface area contributed by atoms with Crippen molar-refractivity contribution in [2.24, 2.45) is 0 Å². The molecule has 1 rings (SSSR count). The molecule has 1 aromatic rings. The highest BCUT2D eigenvalue weighted by molar-refractivity contribution is 6.34. The Morgan fingerprint density at radius 3 is 2.44 bits per heavy atom. The van der Waals surface area contributed by atoms with Crippen LogP contribution in [-0.2, 0) is 9.53 Å². The molecule has 0 N–H and O–H groups in total. The van der Waals surface area contributed by atoms with E-state index >= 15 is 0 Å². The number of alkyl halides is 1. The minimum Gasteiger partial charge on any atom is -0.461 e. The molecule has 0 radical (unpaired) electrons. The van der Waals surface area contributed by atoms with E-state index in [4.69, 9.17) is 23.2 Å². The van der Waals surface area contributed by atoms with Crippen molar-refractivity contribution in [2.75, 3.05) is 6.61 Å². The van der Waals surface area contributed by atoms with Crippen molar-refractivity contribution in [1.29, 1.82) is 0 Å². The Labute approximate surface area is 102 Å². The summed E-state index contributed by atoms with van der Waals surface area (Å²) in [6.07, 6.45) is -2.19. The SMILES string of the molecule is CCOC(=O)C(F)Oc1cc(Cl)cc(Cl)c1. The third-order valence-electron chi connectivity index (χ3n) is 1.55. The van der Waals surface area contributed by atoms with E-state index in [1.807, 2.05) is 0 Å². The standard InChI is InChI=1S/C10H9Cl2FO3/c1-2-15-10(14)9(13)16-8-4-6(11)3-7(12)5-8/h3-5,9H,2H2,1H3. The van der Waals surface area contributed by atoms with Crippen LogP contribution in [0.15, 0.2) is 18.2 Å². The fourth-order valence-electron chi connectivity index (χ4n) is 0.972. The van der Waals surface area contributed by atoms with E-state index in [-0.39, 0.29) is 12.4 Å². The lowest BCUT2D eigenvalue weighted by Gasteiger charge is -2.10. The van der Waals surface area contributed by atoms with Crippen molar-refractivity contribution in [2.45, 2.75) is 13.3 Å². The van der Waals surface area contributed by atoms with E-state index in [2.05, 4.69) is 9.47 Å². The number of carbonyl (C=O) groups is 1. The first-order valence-corrected chi connectivity index (χ1v) is 5.22. The smallest absolute Gasteiger partial charge is 0.381 e. The third-order valence-corrected chi connectivity index (χ3v) is 1.98. The maximum atomic E-state index is 13.1. The normalized spacial score (nSPS) is 12.0. The molecule has 0 aliphatic heterocycles. The maximum absolute atomic E-state index is 13.1. The lowest BCUT2D eigenvalue weighted by atomic mass is 10.3. The van der Waals surface area contributed by atoms with Gasteiger partial charge >= 0.3 is 12.3 Å². The molecule has 0 saturated carbocycles. The molecule has 0 aliphatic carbocycles. The van der Waals surface area contributed by atoms with Crippen LogP contribution in [-0.4, -0.2) is 18.9 Å². The van der Waals surface area contributed by atoms with Gasteiger partial charge < -0.3 is 9.47 Å². The molecule has 0 aliphatic rings. The zero-order chi connectivity index (χ0) is 12.1. The summed E-state index contributed by atoms with van der Waals surface area (Å²) in [4.78, 5) is 10.9. The molecule has 1 aromatic carbocycles. The molecule has 16 heavy (non-hydrogen) atoms. The summed E-state index contributed by atoms with van der Waals surface area (Å²) in [6, 6.07) is 4.16. The predicted octanol–water partition coefficient (Wildman–Crippen LogP) is 3.23. The molecule has 0 amide bonds. The molecule has 6 heteroatoms. The molecule has 0 spiro atoms. The van der Waals surface area contributed by atoms with Crippen LogP contribution in [0.2, 0.25) is 10.0 Å². The molecule has 0 heterocycles. The number of benzene rings is 1. The number of rotatable bonds is 4. The van der Waals surface area contributed by atoms with Crippen molar-refractivity contribution in [3.8, 4) is 5.75 Å². The fourth-order valence-corrected chi connectivity index (χ4v) is 1.48. The molecule has 0 saturated heterocycles. The van der Waals surface area contributed by atoms with Crippen LogP contribution in [0.1, 0.15) is 6.92 Å². The second-order valence-electron chi connectivity index (χ2n) is 2.79. The Hall–Kier alpha value is -1.000. The number of esters is 1. The average molecular weight is 267 g/mol. The summed E-state index contributed by atoms with van der Waals surface area (Å²) in [5, 5.41) is 0.581. The Bertz CT molecular complexity index is 364. The molecule has 0 aromatic heterocycles. The second-order valence-corrected chi connectivity index (χ2v) is 3.66. The third kappa shape index (κ3) is 3.87.